The zero-order chi connectivity index (χ0) is 12.1. The molecule has 0 aliphatic heterocycles. The third-order valence-electron chi connectivity index (χ3n) is 1.54. The summed E-state index contributed by atoms with van der Waals surface area (Å²) in [5.74, 6) is 0. The summed E-state index contributed by atoms with van der Waals surface area (Å²) in [5, 5.41) is -1.20. The van der Waals surface area contributed by atoms with E-state index in [2.05, 4.69) is 4.99 Å². The average molecular weight is 260 g/mol. The zero-order valence-electron chi connectivity index (χ0n) is 8.31. The van der Waals surface area contributed by atoms with E-state index >= 15 is 0 Å². The average Bonchev–Trinajstić information content (AvgIpc) is 1.99. The lowest BCUT2D eigenvalue weighted by atomic mass is 10.3. The van der Waals surface area contributed by atoms with E-state index in [1.165, 1.54) is 0 Å². The van der Waals surface area contributed by atoms with Gasteiger partial charge in [0.25, 0.3) is 0 Å². The highest BCUT2D eigenvalue weighted by atomic mass is 31.3. The SMILES string of the molecule is CCCCCN=C(P(=O)(O)O)[P+](O)(O)O. The van der Waals surface area contributed by atoms with Gasteiger partial charge in [0, 0.05) is 6.54 Å². The van der Waals surface area contributed by atoms with Crippen LogP contribution in [0.15, 0.2) is 4.99 Å². The molecule has 0 aromatic rings. The molecule has 7 nitrogen and oxygen atoms in total. The smallest absolute Gasteiger partial charge is 0.317 e. The highest BCUT2D eigenvalue weighted by molar-refractivity contribution is 8.00. The fourth-order valence-corrected chi connectivity index (χ4v) is 2.87. The summed E-state index contributed by atoms with van der Waals surface area (Å²) in [4.78, 5) is 47.1. The highest BCUT2D eigenvalue weighted by Crippen LogP contribution is 2.60. The van der Waals surface area contributed by atoms with Crippen molar-refractivity contribution < 1.29 is 29.0 Å². The Hall–Kier alpha value is 0.130. The lowest BCUT2D eigenvalue weighted by Crippen LogP contribution is -2.07. The Morgan fingerprint density at radius 1 is 1.27 bits per heavy atom. The first-order chi connectivity index (χ1) is 6.69. The predicted molar refractivity (Wildman–Crippen MR) is 57.4 cm³/mol. The summed E-state index contributed by atoms with van der Waals surface area (Å²) in [5.41, 5.74) is 0. The Morgan fingerprint density at radius 2 is 1.80 bits per heavy atom. The molecule has 15 heavy (non-hydrogen) atoms. The molecule has 0 saturated carbocycles. The van der Waals surface area contributed by atoms with Gasteiger partial charge in [0.15, 0.2) is 0 Å². The van der Waals surface area contributed by atoms with Crippen LogP contribution in [0.3, 0.4) is 0 Å². The van der Waals surface area contributed by atoms with Crippen molar-refractivity contribution in [2.75, 3.05) is 6.54 Å². The summed E-state index contributed by atoms with van der Waals surface area (Å²) in [6, 6.07) is 0. The topological polar surface area (TPSA) is 131 Å². The monoisotopic (exact) mass is 260 g/mol. The Balaban J connectivity index is 4.60. The molecule has 0 unspecified atom stereocenters. The van der Waals surface area contributed by atoms with Crippen LogP contribution in [0.4, 0.5) is 0 Å². The maximum Gasteiger partial charge on any atom is 0.469 e. The molecule has 0 aromatic heterocycles. The van der Waals surface area contributed by atoms with E-state index < -0.39 is 20.7 Å². The van der Waals surface area contributed by atoms with Gasteiger partial charge in [-0.3, -0.25) is 0 Å². The summed E-state index contributed by atoms with van der Waals surface area (Å²) in [7, 11) is -9.61. The minimum Gasteiger partial charge on any atom is -0.317 e. The summed E-state index contributed by atoms with van der Waals surface area (Å²) in [6.45, 7) is 1.99. The second kappa shape index (κ2) is 6.01. The summed E-state index contributed by atoms with van der Waals surface area (Å²) in [6.07, 6.45) is 2.28. The van der Waals surface area contributed by atoms with Gasteiger partial charge in [0.1, 0.15) is 0 Å². The van der Waals surface area contributed by atoms with E-state index in [9.17, 15) is 4.57 Å². The lowest BCUT2D eigenvalue weighted by Gasteiger charge is -2.07. The number of nitrogens with zero attached hydrogens (tertiary/aromatic N) is 1. The quantitative estimate of drug-likeness (QED) is 0.268. The first kappa shape index (κ1) is 15.1. The number of hydrogen-bond donors (Lipinski definition) is 5. The van der Waals surface area contributed by atoms with Gasteiger partial charge >= 0.3 is 20.7 Å². The number of unbranched alkanes of at least 4 members (excludes halogenated alkanes) is 2. The summed E-state index contributed by atoms with van der Waals surface area (Å²) < 4.78 is 10.8. The maximum absolute atomic E-state index is 10.8. The molecule has 0 aliphatic rings. The van der Waals surface area contributed by atoms with Crippen LogP contribution >= 0.6 is 15.5 Å². The molecule has 0 bridgehead atoms. The number of hydrogen-bond acceptors (Lipinski definition) is 5. The molecular formula is C6H16NO6P2+. The normalized spacial score (nSPS) is 14.4. The van der Waals surface area contributed by atoms with Crippen LogP contribution in [0.5, 0.6) is 0 Å². The molecular weight excluding hydrogens is 244 g/mol. The molecule has 0 rings (SSSR count). The van der Waals surface area contributed by atoms with Crippen LogP contribution < -0.4 is 0 Å². The van der Waals surface area contributed by atoms with Crippen LogP contribution in [-0.2, 0) is 4.57 Å². The molecule has 0 spiro atoms. The molecule has 0 amide bonds. The van der Waals surface area contributed by atoms with Crippen LogP contribution in [0.1, 0.15) is 26.2 Å². The van der Waals surface area contributed by atoms with Crippen LogP contribution in [0.2, 0.25) is 0 Å². The molecule has 5 N–H and O–H groups in total. The van der Waals surface area contributed by atoms with Crippen LogP contribution in [0.25, 0.3) is 0 Å². The molecule has 0 aliphatic carbocycles. The zero-order valence-corrected chi connectivity index (χ0v) is 10.1. The van der Waals surface area contributed by atoms with Crippen molar-refractivity contribution in [3.63, 3.8) is 0 Å². The van der Waals surface area contributed by atoms with E-state index in [0.717, 1.165) is 12.8 Å². The van der Waals surface area contributed by atoms with Crippen molar-refractivity contribution in [1.82, 2.24) is 0 Å². The highest BCUT2D eigenvalue weighted by Gasteiger charge is 2.51. The van der Waals surface area contributed by atoms with Crippen LogP contribution in [-0.4, -0.2) is 36.2 Å². The summed E-state index contributed by atoms with van der Waals surface area (Å²) >= 11 is 0. The minimum absolute atomic E-state index is 0.0533. The Labute approximate surface area is 88.2 Å². The van der Waals surface area contributed by atoms with Gasteiger partial charge in [-0.15, -0.1) is 0 Å². The maximum atomic E-state index is 10.8. The van der Waals surface area contributed by atoms with Gasteiger partial charge in [0.05, 0.1) is 0 Å². The van der Waals surface area contributed by atoms with Crippen molar-refractivity contribution >= 4 is 20.7 Å². The second-order valence-corrected chi connectivity index (χ2v) is 6.43. The van der Waals surface area contributed by atoms with Gasteiger partial charge in [0.2, 0.25) is 0 Å². The molecule has 0 aromatic carbocycles. The molecule has 90 valence electrons. The molecule has 9 heteroatoms. The molecule has 0 atom stereocenters. The lowest BCUT2D eigenvalue weighted by molar-refractivity contribution is 0.348. The third kappa shape index (κ3) is 6.33. The van der Waals surface area contributed by atoms with Gasteiger partial charge in [-0.1, -0.05) is 19.8 Å². The standard InChI is InChI=1S/C6H15NO6P2/c1-2-3-4-5-7-6(14(8,9)10)15(11,12)13/h8-10H,2-5H2,1H3,(H-,11,12,13)/p+1. The Kier molecular flexibility index (Phi) is 6.06. The van der Waals surface area contributed by atoms with Crippen molar-refractivity contribution in [3.05, 3.63) is 0 Å². The number of aliphatic imine (C=N–C) groups is 1. The van der Waals surface area contributed by atoms with Crippen molar-refractivity contribution in [2.24, 2.45) is 4.99 Å². The first-order valence-corrected chi connectivity index (χ1v) is 7.64. The first-order valence-electron chi connectivity index (χ1n) is 4.38. The van der Waals surface area contributed by atoms with Gasteiger partial charge < -0.3 is 9.79 Å². The molecule has 0 radical (unpaired) electrons. The van der Waals surface area contributed by atoms with Crippen molar-refractivity contribution in [1.29, 1.82) is 0 Å². The van der Waals surface area contributed by atoms with E-state index in [1.807, 2.05) is 6.92 Å². The van der Waals surface area contributed by atoms with E-state index in [-0.39, 0.29) is 6.54 Å². The van der Waals surface area contributed by atoms with E-state index in [1.54, 1.807) is 0 Å². The van der Waals surface area contributed by atoms with E-state index in [0.29, 0.717) is 6.42 Å². The van der Waals surface area contributed by atoms with Crippen molar-refractivity contribution in [3.8, 4) is 0 Å². The molecule has 0 saturated heterocycles. The van der Waals surface area contributed by atoms with Crippen LogP contribution in [0, 0.1) is 0 Å². The van der Waals surface area contributed by atoms with Gasteiger partial charge in [-0.2, -0.15) is 14.7 Å². The minimum atomic E-state index is -4.90. The number of rotatable bonds is 6. The Bertz CT molecular complexity index is 267. The molecule has 0 fully saturated rings. The van der Waals surface area contributed by atoms with Crippen molar-refractivity contribution in [2.45, 2.75) is 26.2 Å². The second-order valence-electron chi connectivity index (χ2n) is 3.00. The fraction of sp³-hybridized carbons (Fsp3) is 0.833. The predicted octanol–water partition coefficient (Wildman–Crippen LogP) is 0.450. The van der Waals surface area contributed by atoms with E-state index in [4.69, 9.17) is 24.5 Å². The van der Waals surface area contributed by atoms with Gasteiger partial charge in [-0.05, 0) is 6.42 Å². The fourth-order valence-electron chi connectivity index (χ4n) is 0.903. The largest absolute Gasteiger partial charge is 0.469 e. The van der Waals surface area contributed by atoms with Gasteiger partial charge in [-0.25, -0.2) is 9.56 Å². The third-order valence-corrected chi connectivity index (χ3v) is 4.47. The molecule has 0 heterocycles. The Morgan fingerprint density at radius 3 is 2.13 bits per heavy atom.